The summed E-state index contributed by atoms with van der Waals surface area (Å²) >= 11 is 0. The van der Waals surface area contributed by atoms with Gasteiger partial charge in [0.25, 0.3) is 0 Å². The summed E-state index contributed by atoms with van der Waals surface area (Å²) in [5.74, 6) is 0.857. The lowest BCUT2D eigenvalue weighted by atomic mass is 9.89. The van der Waals surface area contributed by atoms with Crippen LogP contribution in [0.3, 0.4) is 0 Å². The van der Waals surface area contributed by atoms with E-state index in [4.69, 9.17) is 4.98 Å². The first-order valence-corrected chi connectivity index (χ1v) is 10.7. The Hall–Kier alpha value is -1.98. The predicted molar refractivity (Wildman–Crippen MR) is 111 cm³/mol. The Labute approximate surface area is 167 Å². The number of carbonyl (C=O) groups excluding carboxylic acids is 1. The molecule has 1 saturated heterocycles. The number of likely N-dealkylation sites (tertiary alicyclic amines) is 1. The number of nitrogens with one attached hydrogen (secondary N) is 1. The lowest BCUT2D eigenvalue weighted by Crippen LogP contribution is -2.38. The molecule has 1 aromatic heterocycles. The van der Waals surface area contributed by atoms with Crippen molar-refractivity contribution in [1.82, 2.24) is 15.2 Å². The number of carbonyl (C=O) groups is 1. The third-order valence-corrected chi connectivity index (χ3v) is 6.29. The van der Waals surface area contributed by atoms with Crippen LogP contribution in [0.4, 0.5) is 0 Å². The van der Waals surface area contributed by atoms with E-state index < -0.39 is 6.10 Å². The second-order valence-corrected chi connectivity index (χ2v) is 8.53. The summed E-state index contributed by atoms with van der Waals surface area (Å²) in [4.78, 5) is 19.1. The van der Waals surface area contributed by atoms with Crippen LogP contribution in [0.25, 0.3) is 10.9 Å². The zero-order chi connectivity index (χ0) is 19.3. The Morgan fingerprint density at radius 1 is 1.11 bits per heavy atom. The summed E-state index contributed by atoms with van der Waals surface area (Å²) in [6.07, 6.45) is 6.75. The van der Waals surface area contributed by atoms with Crippen LogP contribution in [0.5, 0.6) is 0 Å². The fourth-order valence-corrected chi connectivity index (χ4v) is 4.67. The zero-order valence-electron chi connectivity index (χ0n) is 16.5. The molecule has 5 nitrogen and oxygen atoms in total. The van der Waals surface area contributed by atoms with Crippen molar-refractivity contribution in [3.05, 3.63) is 42.1 Å². The van der Waals surface area contributed by atoms with Gasteiger partial charge in [-0.05, 0) is 37.3 Å². The first-order chi connectivity index (χ1) is 13.7. The minimum atomic E-state index is -0.403. The largest absolute Gasteiger partial charge is 0.391 e. The van der Waals surface area contributed by atoms with Gasteiger partial charge >= 0.3 is 0 Å². The highest BCUT2D eigenvalue weighted by atomic mass is 16.3. The summed E-state index contributed by atoms with van der Waals surface area (Å²) in [6.45, 7) is 2.49. The van der Waals surface area contributed by atoms with Gasteiger partial charge in [-0.15, -0.1) is 0 Å². The number of aliphatic hydroxyl groups is 1. The average molecular weight is 382 g/mol. The van der Waals surface area contributed by atoms with Crippen LogP contribution in [-0.2, 0) is 11.2 Å². The first kappa shape index (κ1) is 19.3. The number of amides is 1. The predicted octanol–water partition coefficient (Wildman–Crippen LogP) is 2.77. The Kier molecular flexibility index (Phi) is 6.23. The maximum atomic E-state index is 12.3. The van der Waals surface area contributed by atoms with E-state index in [2.05, 4.69) is 28.4 Å². The molecule has 2 N–H and O–H groups in total. The quantitative estimate of drug-likeness (QED) is 0.808. The molecule has 150 valence electrons. The van der Waals surface area contributed by atoms with E-state index in [-0.39, 0.29) is 11.8 Å². The molecule has 0 radical (unpaired) electrons. The second-order valence-electron chi connectivity index (χ2n) is 8.53. The van der Waals surface area contributed by atoms with Gasteiger partial charge in [-0.3, -0.25) is 14.7 Å². The molecule has 2 unspecified atom stereocenters. The topological polar surface area (TPSA) is 65.5 Å². The molecule has 2 atom stereocenters. The number of β-amino-alcohol motifs (C(OH)–C–C–N with tert-alkyl or cyclic N) is 1. The molecule has 1 aliphatic carbocycles. The zero-order valence-corrected chi connectivity index (χ0v) is 16.5. The van der Waals surface area contributed by atoms with Crippen molar-refractivity contribution >= 4 is 16.8 Å². The van der Waals surface area contributed by atoms with Crippen LogP contribution in [0.2, 0.25) is 0 Å². The molecule has 1 amide bonds. The van der Waals surface area contributed by atoms with Gasteiger partial charge in [0.1, 0.15) is 0 Å². The third-order valence-electron chi connectivity index (χ3n) is 6.29. The van der Waals surface area contributed by atoms with Gasteiger partial charge in [0, 0.05) is 36.6 Å². The van der Waals surface area contributed by atoms with Crippen LogP contribution >= 0.6 is 0 Å². The van der Waals surface area contributed by atoms with E-state index in [1.165, 1.54) is 32.1 Å². The highest BCUT2D eigenvalue weighted by Gasteiger charge is 2.32. The molecule has 2 aliphatic rings. The van der Waals surface area contributed by atoms with Crippen LogP contribution in [0.1, 0.15) is 37.8 Å². The average Bonchev–Trinajstić information content (AvgIpc) is 3.05. The molecule has 2 fully saturated rings. The number of hydrogen-bond acceptors (Lipinski definition) is 4. The Morgan fingerprint density at radius 3 is 2.79 bits per heavy atom. The Morgan fingerprint density at radius 2 is 1.93 bits per heavy atom. The molecule has 28 heavy (non-hydrogen) atoms. The van der Waals surface area contributed by atoms with Gasteiger partial charge in [0.15, 0.2) is 0 Å². The van der Waals surface area contributed by atoms with Crippen molar-refractivity contribution in [2.24, 2.45) is 11.8 Å². The molecule has 4 rings (SSSR count). The van der Waals surface area contributed by atoms with Gasteiger partial charge in [-0.2, -0.15) is 0 Å². The van der Waals surface area contributed by atoms with Gasteiger partial charge in [0.05, 0.1) is 18.2 Å². The molecule has 0 bridgehead atoms. The third kappa shape index (κ3) is 4.89. The number of rotatable bonds is 6. The minimum absolute atomic E-state index is 0.0854. The van der Waals surface area contributed by atoms with Crippen molar-refractivity contribution in [1.29, 1.82) is 0 Å². The molecular weight excluding hydrogens is 350 g/mol. The standard InChI is InChI=1S/C23H31N3O2/c27-22-15-26(16-23(28)24-13-17-6-2-1-3-7-17)14-19(22)12-20-11-10-18-8-4-5-9-21(18)25-20/h4-5,8-11,17,19,22,27H,1-3,6-7,12-16H2,(H,24,28). The number of aromatic nitrogens is 1. The van der Waals surface area contributed by atoms with Crippen molar-refractivity contribution in [3.63, 3.8) is 0 Å². The molecule has 2 aromatic rings. The number of benzene rings is 1. The van der Waals surface area contributed by atoms with Crippen molar-refractivity contribution in [3.8, 4) is 0 Å². The Bertz CT molecular complexity index is 803. The molecular formula is C23H31N3O2. The molecule has 0 spiro atoms. The lowest BCUT2D eigenvalue weighted by Gasteiger charge is -2.22. The van der Waals surface area contributed by atoms with E-state index in [1.807, 2.05) is 18.2 Å². The molecule has 1 aliphatic heterocycles. The smallest absolute Gasteiger partial charge is 0.234 e. The molecule has 5 heteroatoms. The van der Waals surface area contributed by atoms with E-state index in [1.54, 1.807) is 0 Å². The fraction of sp³-hybridized carbons (Fsp3) is 0.565. The van der Waals surface area contributed by atoms with Crippen LogP contribution in [0, 0.1) is 11.8 Å². The van der Waals surface area contributed by atoms with Crippen LogP contribution in [-0.4, -0.2) is 53.2 Å². The Balaban J connectivity index is 1.27. The van der Waals surface area contributed by atoms with E-state index >= 15 is 0 Å². The number of fused-ring (bicyclic) bond motifs is 1. The summed E-state index contributed by atoms with van der Waals surface area (Å²) in [5.41, 5.74) is 2.00. The molecule has 1 aromatic carbocycles. The summed E-state index contributed by atoms with van der Waals surface area (Å²) in [6, 6.07) is 12.2. The van der Waals surface area contributed by atoms with Crippen molar-refractivity contribution in [2.45, 2.75) is 44.6 Å². The maximum Gasteiger partial charge on any atom is 0.234 e. The SMILES string of the molecule is O=C(CN1CC(O)C(Cc2ccc3ccccc3n2)C1)NCC1CCCCC1. The maximum absolute atomic E-state index is 12.3. The van der Waals surface area contributed by atoms with Crippen molar-refractivity contribution in [2.75, 3.05) is 26.2 Å². The molecule has 1 saturated carbocycles. The first-order valence-electron chi connectivity index (χ1n) is 10.7. The number of aliphatic hydroxyl groups excluding tert-OH is 1. The monoisotopic (exact) mass is 381 g/mol. The van der Waals surface area contributed by atoms with Crippen LogP contribution in [0.15, 0.2) is 36.4 Å². The number of hydrogen-bond donors (Lipinski definition) is 2. The number of nitrogens with zero attached hydrogens (tertiary/aromatic N) is 2. The lowest BCUT2D eigenvalue weighted by molar-refractivity contribution is -0.122. The number of para-hydroxylation sites is 1. The summed E-state index contributed by atoms with van der Waals surface area (Å²) < 4.78 is 0. The van der Waals surface area contributed by atoms with Gasteiger partial charge in [0.2, 0.25) is 5.91 Å². The highest BCUT2D eigenvalue weighted by molar-refractivity contribution is 5.78. The summed E-state index contributed by atoms with van der Waals surface area (Å²) in [5, 5.41) is 14.7. The molecule has 2 heterocycles. The minimum Gasteiger partial charge on any atom is -0.391 e. The van der Waals surface area contributed by atoms with Crippen molar-refractivity contribution < 1.29 is 9.90 Å². The number of pyridine rings is 1. The highest BCUT2D eigenvalue weighted by Crippen LogP contribution is 2.23. The second kappa shape index (κ2) is 9.01. The van der Waals surface area contributed by atoms with Gasteiger partial charge < -0.3 is 10.4 Å². The fourth-order valence-electron chi connectivity index (χ4n) is 4.67. The van der Waals surface area contributed by atoms with E-state index in [0.717, 1.165) is 36.1 Å². The normalized spacial score (nSPS) is 23.9. The van der Waals surface area contributed by atoms with Gasteiger partial charge in [-0.25, -0.2) is 0 Å². The van der Waals surface area contributed by atoms with E-state index in [0.29, 0.717) is 19.0 Å². The van der Waals surface area contributed by atoms with Crippen LogP contribution < -0.4 is 5.32 Å². The van der Waals surface area contributed by atoms with Gasteiger partial charge in [-0.1, -0.05) is 43.5 Å². The summed E-state index contributed by atoms with van der Waals surface area (Å²) in [7, 11) is 0. The van der Waals surface area contributed by atoms with E-state index in [9.17, 15) is 9.90 Å².